The van der Waals surface area contributed by atoms with Gasteiger partial charge in [0.25, 0.3) is 0 Å². The lowest BCUT2D eigenvalue weighted by atomic mass is 10.1. The second kappa shape index (κ2) is 5.43. The van der Waals surface area contributed by atoms with E-state index in [1.165, 1.54) is 10.4 Å². The molecule has 0 saturated carbocycles. The molecule has 1 aliphatic heterocycles. The Kier molecular flexibility index (Phi) is 4.06. The van der Waals surface area contributed by atoms with Gasteiger partial charge in [0.15, 0.2) is 0 Å². The molecule has 1 saturated heterocycles. The fourth-order valence-corrected chi connectivity index (χ4v) is 4.08. The van der Waals surface area contributed by atoms with Crippen molar-refractivity contribution >= 4 is 10.0 Å². The number of hydrogen-bond acceptors (Lipinski definition) is 2. The first-order chi connectivity index (χ1) is 8.96. The van der Waals surface area contributed by atoms with E-state index >= 15 is 0 Å². The van der Waals surface area contributed by atoms with Crippen molar-refractivity contribution in [2.75, 3.05) is 6.54 Å². The number of halogens is 1. The summed E-state index contributed by atoms with van der Waals surface area (Å²) in [5, 5.41) is 0. The zero-order valence-electron chi connectivity index (χ0n) is 10.9. The van der Waals surface area contributed by atoms with Gasteiger partial charge in [0.1, 0.15) is 6.17 Å². The molecule has 0 N–H and O–H groups in total. The Morgan fingerprint density at radius 3 is 2.63 bits per heavy atom. The smallest absolute Gasteiger partial charge is 0.241 e. The molecule has 2 atom stereocenters. The van der Waals surface area contributed by atoms with Crippen molar-refractivity contribution in [3.8, 4) is 0 Å². The first kappa shape index (κ1) is 14.2. The lowest BCUT2D eigenvalue weighted by Crippen LogP contribution is -2.40. The van der Waals surface area contributed by atoms with E-state index in [0.29, 0.717) is 19.4 Å². The fraction of sp³-hybridized carbons (Fsp3) is 0.429. The normalized spacial score (nSPS) is 22.3. The van der Waals surface area contributed by atoms with Crippen LogP contribution in [0.25, 0.3) is 0 Å². The molecule has 0 spiro atoms. The highest BCUT2D eigenvalue weighted by molar-refractivity contribution is 7.89. The summed E-state index contributed by atoms with van der Waals surface area (Å²) in [5.74, 6) is 0. The summed E-state index contributed by atoms with van der Waals surface area (Å²) in [6, 6.07) is 6.02. The summed E-state index contributed by atoms with van der Waals surface area (Å²) in [5.41, 5.74) is 0.992. The number of aryl methyl sites for hydroxylation is 1. The molecule has 5 heteroatoms. The van der Waals surface area contributed by atoms with Crippen molar-refractivity contribution in [2.45, 2.75) is 36.9 Å². The second-order valence-corrected chi connectivity index (χ2v) is 6.71. The molecule has 0 radical (unpaired) electrons. The molecule has 1 heterocycles. The molecule has 19 heavy (non-hydrogen) atoms. The molecule has 0 aromatic heterocycles. The van der Waals surface area contributed by atoms with E-state index in [-0.39, 0.29) is 4.90 Å². The maximum atomic E-state index is 13.8. The molecule has 0 amide bonds. The molecule has 1 aromatic rings. The van der Waals surface area contributed by atoms with Crippen LogP contribution >= 0.6 is 0 Å². The van der Waals surface area contributed by atoms with Crippen LogP contribution in [0.5, 0.6) is 0 Å². The Bertz CT molecular complexity index is 553. The van der Waals surface area contributed by atoms with E-state index in [1.54, 1.807) is 24.3 Å². The summed E-state index contributed by atoms with van der Waals surface area (Å²) >= 11 is 0. The molecular weight excluding hydrogens is 265 g/mol. The van der Waals surface area contributed by atoms with Gasteiger partial charge >= 0.3 is 0 Å². The third-order valence-electron chi connectivity index (χ3n) is 3.47. The predicted molar refractivity (Wildman–Crippen MR) is 73.2 cm³/mol. The Balaban J connectivity index is 2.33. The Hall–Kier alpha value is -1.20. The minimum absolute atomic E-state index is 0.223. The number of sulfonamides is 1. The number of rotatable bonds is 4. The lowest BCUT2D eigenvalue weighted by Gasteiger charge is -2.25. The average molecular weight is 283 g/mol. The summed E-state index contributed by atoms with van der Waals surface area (Å²) in [6.07, 6.45) is 1.08. The van der Waals surface area contributed by atoms with E-state index in [1.807, 2.05) is 6.92 Å². The third kappa shape index (κ3) is 2.72. The van der Waals surface area contributed by atoms with Crippen LogP contribution in [-0.2, 0) is 10.0 Å². The van der Waals surface area contributed by atoms with E-state index in [9.17, 15) is 12.8 Å². The molecule has 1 aliphatic rings. The second-order valence-electron chi connectivity index (χ2n) is 4.82. The molecule has 2 rings (SSSR count). The standard InChI is InChI=1S/C14H18FNO2S/c1-3-13(15)14-5-4-10-16(14)19(17,18)12-8-6-11(2)7-9-12/h3,6-9,13-14H,1,4-5,10H2,2H3/t13-,14+/m1/s1. The average Bonchev–Trinajstić information content (AvgIpc) is 2.88. The van der Waals surface area contributed by atoms with Gasteiger partial charge in [0.2, 0.25) is 10.0 Å². The van der Waals surface area contributed by atoms with E-state index < -0.39 is 22.2 Å². The van der Waals surface area contributed by atoms with Crippen LogP contribution in [0.2, 0.25) is 0 Å². The van der Waals surface area contributed by atoms with E-state index in [4.69, 9.17) is 0 Å². The minimum Gasteiger partial charge on any atom is -0.241 e. The van der Waals surface area contributed by atoms with Gasteiger partial charge in [-0.15, -0.1) is 6.58 Å². The van der Waals surface area contributed by atoms with Gasteiger partial charge in [0.05, 0.1) is 10.9 Å². The van der Waals surface area contributed by atoms with Gasteiger partial charge < -0.3 is 0 Å². The van der Waals surface area contributed by atoms with Crippen LogP contribution in [0.4, 0.5) is 4.39 Å². The predicted octanol–water partition coefficient (Wildman–Crippen LogP) is 2.67. The SMILES string of the molecule is C=C[C@@H](F)[C@@H]1CCCN1S(=O)(=O)c1ccc(C)cc1. The zero-order chi connectivity index (χ0) is 14.0. The molecular formula is C14H18FNO2S. The Labute approximate surface area is 113 Å². The summed E-state index contributed by atoms with van der Waals surface area (Å²) in [4.78, 5) is 0.223. The van der Waals surface area contributed by atoms with Crippen LogP contribution in [0.15, 0.2) is 41.8 Å². The Morgan fingerprint density at radius 1 is 1.42 bits per heavy atom. The maximum Gasteiger partial charge on any atom is 0.243 e. The number of nitrogens with zero attached hydrogens (tertiary/aromatic N) is 1. The molecule has 3 nitrogen and oxygen atoms in total. The van der Waals surface area contributed by atoms with Gasteiger partial charge in [-0.05, 0) is 31.9 Å². The lowest BCUT2D eigenvalue weighted by molar-refractivity contribution is 0.252. The van der Waals surface area contributed by atoms with Gasteiger partial charge in [-0.3, -0.25) is 0 Å². The third-order valence-corrected chi connectivity index (χ3v) is 5.41. The minimum atomic E-state index is -3.61. The van der Waals surface area contributed by atoms with Gasteiger partial charge in [0, 0.05) is 6.54 Å². The van der Waals surface area contributed by atoms with Crippen molar-refractivity contribution in [2.24, 2.45) is 0 Å². The highest BCUT2D eigenvalue weighted by atomic mass is 32.2. The molecule has 1 fully saturated rings. The molecule has 1 aromatic carbocycles. The van der Waals surface area contributed by atoms with Gasteiger partial charge in [-0.1, -0.05) is 23.8 Å². The van der Waals surface area contributed by atoms with Crippen LogP contribution < -0.4 is 0 Å². The largest absolute Gasteiger partial charge is 0.243 e. The summed E-state index contributed by atoms with van der Waals surface area (Å²) < 4.78 is 40.0. The van der Waals surface area contributed by atoms with Crippen LogP contribution in [-0.4, -0.2) is 31.5 Å². The molecule has 0 aliphatic carbocycles. The summed E-state index contributed by atoms with van der Waals surface area (Å²) in [7, 11) is -3.61. The highest BCUT2D eigenvalue weighted by Crippen LogP contribution is 2.29. The van der Waals surface area contributed by atoms with Crippen LogP contribution in [0, 0.1) is 6.92 Å². The number of alkyl halides is 1. The van der Waals surface area contributed by atoms with Crippen molar-refractivity contribution < 1.29 is 12.8 Å². The zero-order valence-corrected chi connectivity index (χ0v) is 11.7. The fourth-order valence-electron chi connectivity index (χ4n) is 2.39. The quantitative estimate of drug-likeness (QED) is 0.797. The molecule has 104 valence electrons. The van der Waals surface area contributed by atoms with E-state index in [2.05, 4.69) is 6.58 Å². The van der Waals surface area contributed by atoms with Gasteiger partial charge in [-0.25, -0.2) is 12.8 Å². The van der Waals surface area contributed by atoms with Crippen LogP contribution in [0.3, 0.4) is 0 Å². The number of hydrogen-bond donors (Lipinski definition) is 0. The first-order valence-corrected chi connectivity index (χ1v) is 7.76. The van der Waals surface area contributed by atoms with Crippen LogP contribution in [0.1, 0.15) is 18.4 Å². The number of benzene rings is 1. The summed E-state index contributed by atoms with van der Waals surface area (Å²) in [6.45, 7) is 5.67. The molecule has 0 bridgehead atoms. The van der Waals surface area contributed by atoms with Crippen molar-refractivity contribution in [1.29, 1.82) is 0 Å². The van der Waals surface area contributed by atoms with Gasteiger partial charge in [-0.2, -0.15) is 4.31 Å². The van der Waals surface area contributed by atoms with E-state index in [0.717, 1.165) is 5.56 Å². The highest BCUT2D eigenvalue weighted by Gasteiger charge is 2.38. The van der Waals surface area contributed by atoms with Crippen molar-refractivity contribution in [1.82, 2.24) is 4.31 Å². The van der Waals surface area contributed by atoms with Crippen molar-refractivity contribution in [3.63, 3.8) is 0 Å². The van der Waals surface area contributed by atoms with Crippen molar-refractivity contribution in [3.05, 3.63) is 42.5 Å². The Morgan fingerprint density at radius 2 is 2.05 bits per heavy atom. The molecule has 0 unspecified atom stereocenters. The maximum absolute atomic E-state index is 13.8. The monoisotopic (exact) mass is 283 g/mol. The first-order valence-electron chi connectivity index (χ1n) is 6.32. The topological polar surface area (TPSA) is 37.4 Å².